The van der Waals surface area contributed by atoms with Gasteiger partial charge in [-0.1, -0.05) is 15.9 Å². The largest absolute Gasteiger partial charge is 0.338 e. The highest BCUT2D eigenvalue weighted by Crippen LogP contribution is 2.28. The highest BCUT2D eigenvalue weighted by atomic mass is 79.9. The average molecular weight is 354 g/mol. The molecule has 6 nitrogen and oxygen atoms in total. The summed E-state index contributed by atoms with van der Waals surface area (Å²) in [5.41, 5.74) is 0.311. The van der Waals surface area contributed by atoms with Gasteiger partial charge in [0.2, 0.25) is 0 Å². The van der Waals surface area contributed by atoms with Gasteiger partial charge in [0.15, 0.2) is 0 Å². The summed E-state index contributed by atoms with van der Waals surface area (Å²) in [4.78, 5) is 24.8. The number of nitrogens with zero attached hydrogens (tertiary/aromatic N) is 2. The fraction of sp³-hybridized carbons (Fsp3) is 0.500. The Kier molecular flexibility index (Phi) is 3.95. The molecule has 2 saturated heterocycles. The van der Waals surface area contributed by atoms with E-state index >= 15 is 0 Å². The molecule has 2 unspecified atom stereocenters. The van der Waals surface area contributed by atoms with Crippen molar-refractivity contribution < 1.29 is 9.72 Å². The van der Waals surface area contributed by atoms with Gasteiger partial charge in [0, 0.05) is 35.3 Å². The highest BCUT2D eigenvalue weighted by Gasteiger charge is 2.34. The SMILES string of the molecule is O=C(c1cc(Br)cc([N+](=O)[O-])c1)N1CCC2CNCC2C1. The third-order valence-corrected chi connectivity index (χ3v) is 4.79. The van der Waals surface area contributed by atoms with Gasteiger partial charge in [-0.15, -0.1) is 0 Å². The number of hydrogen-bond donors (Lipinski definition) is 1. The molecule has 1 N–H and O–H groups in total. The van der Waals surface area contributed by atoms with Crippen molar-refractivity contribution in [3.63, 3.8) is 0 Å². The van der Waals surface area contributed by atoms with E-state index in [1.54, 1.807) is 6.07 Å². The number of likely N-dealkylation sites (tertiary alicyclic amines) is 1. The summed E-state index contributed by atoms with van der Waals surface area (Å²) in [7, 11) is 0. The van der Waals surface area contributed by atoms with Crippen molar-refractivity contribution in [1.82, 2.24) is 10.2 Å². The van der Waals surface area contributed by atoms with Crippen molar-refractivity contribution in [2.24, 2.45) is 11.8 Å². The lowest BCUT2D eigenvalue weighted by molar-refractivity contribution is -0.385. The average Bonchev–Trinajstić information content (AvgIpc) is 2.93. The molecule has 2 fully saturated rings. The first kappa shape index (κ1) is 14.5. The predicted octanol–water partition coefficient (Wildman–Crippen LogP) is 2.04. The molecule has 1 aromatic carbocycles. The van der Waals surface area contributed by atoms with Crippen LogP contribution in [0.1, 0.15) is 16.8 Å². The fourth-order valence-electron chi connectivity index (χ4n) is 3.20. The first-order valence-electron chi connectivity index (χ1n) is 6.99. The van der Waals surface area contributed by atoms with Gasteiger partial charge in [-0.2, -0.15) is 0 Å². The number of nitro groups is 1. The van der Waals surface area contributed by atoms with Gasteiger partial charge in [0.1, 0.15) is 0 Å². The van der Waals surface area contributed by atoms with E-state index in [2.05, 4.69) is 21.2 Å². The number of halogens is 1. The molecule has 7 heteroatoms. The summed E-state index contributed by atoms with van der Waals surface area (Å²) in [6.07, 6.45) is 1.000. The fourth-order valence-corrected chi connectivity index (χ4v) is 3.69. The van der Waals surface area contributed by atoms with Gasteiger partial charge < -0.3 is 10.2 Å². The number of non-ortho nitro benzene ring substituents is 1. The maximum absolute atomic E-state index is 12.6. The lowest BCUT2D eigenvalue weighted by atomic mass is 9.88. The lowest BCUT2D eigenvalue weighted by Crippen LogP contribution is -2.43. The number of rotatable bonds is 2. The Morgan fingerprint density at radius 1 is 1.33 bits per heavy atom. The topological polar surface area (TPSA) is 75.5 Å². The van der Waals surface area contributed by atoms with Crippen LogP contribution in [0.4, 0.5) is 5.69 Å². The van der Waals surface area contributed by atoms with E-state index in [-0.39, 0.29) is 11.6 Å². The molecular formula is C14H16BrN3O3. The smallest absolute Gasteiger partial charge is 0.271 e. The molecule has 2 heterocycles. The maximum atomic E-state index is 12.6. The minimum absolute atomic E-state index is 0.0647. The number of hydrogen-bond acceptors (Lipinski definition) is 4. The van der Waals surface area contributed by atoms with Gasteiger partial charge >= 0.3 is 0 Å². The highest BCUT2D eigenvalue weighted by molar-refractivity contribution is 9.10. The molecule has 0 radical (unpaired) electrons. The Hall–Kier alpha value is -1.47. The van der Waals surface area contributed by atoms with Crippen LogP contribution in [0.2, 0.25) is 0 Å². The van der Waals surface area contributed by atoms with Crippen LogP contribution in [-0.2, 0) is 0 Å². The van der Waals surface area contributed by atoms with Crippen molar-refractivity contribution >= 4 is 27.5 Å². The van der Waals surface area contributed by atoms with Crippen molar-refractivity contribution in [3.8, 4) is 0 Å². The van der Waals surface area contributed by atoms with Crippen molar-refractivity contribution in [1.29, 1.82) is 0 Å². The van der Waals surface area contributed by atoms with E-state index in [9.17, 15) is 14.9 Å². The third-order valence-electron chi connectivity index (χ3n) is 4.33. The van der Waals surface area contributed by atoms with Crippen LogP contribution in [0.3, 0.4) is 0 Å². The molecule has 112 valence electrons. The van der Waals surface area contributed by atoms with Crippen LogP contribution >= 0.6 is 15.9 Å². The maximum Gasteiger partial charge on any atom is 0.271 e. The summed E-state index contributed by atoms with van der Waals surface area (Å²) in [5, 5.41) is 14.3. The van der Waals surface area contributed by atoms with Crippen molar-refractivity contribution in [2.45, 2.75) is 6.42 Å². The molecule has 0 spiro atoms. The molecule has 1 aromatic rings. The number of carbonyl (C=O) groups excluding carboxylic acids is 1. The number of carbonyl (C=O) groups is 1. The molecule has 1 amide bonds. The van der Waals surface area contributed by atoms with E-state index in [1.807, 2.05) is 4.90 Å². The van der Waals surface area contributed by atoms with Gasteiger partial charge in [0.05, 0.1) is 4.92 Å². The number of nitro benzene ring substituents is 1. The summed E-state index contributed by atoms with van der Waals surface area (Å²) >= 11 is 3.23. The van der Waals surface area contributed by atoms with Crippen molar-refractivity contribution in [3.05, 3.63) is 38.3 Å². The first-order chi connectivity index (χ1) is 10.0. The second-order valence-corrected chi connectivity index (χ2v) is 6.59. The predicted molar refractivity (Wildman–Crippen MR) is 81.2 cm³/mol. The number of amides is 1. The molecule has 2 aliphatic heterocycles. The Morgan fingerprint density at radius 2 is 2.10 bits per heavy atom. The summed E-state index contributed by atoms with van der Waals surface area (Å²) < 4.78 is 0.553. The quantitative estimate of drug-likeness (QED) is 0.652. The lowest BCUT2D eigenvalue weighted by Gasteiger charge is -2.34. The van der Waals surface area contributed by atoms with E-state index in [4.69, 9.17) is 0 Å². The normalized spacial score (nSPS) is 24.7. The Balaban J connectivity index is 1.80. The standard InChI is InChI=1S/C14H16BrN3O3/c15-12-3-10(4-13(5-12)18(20)21)14(19)17-2-1-9-6-16-7-11(9)8-17/h3-5,9,11,16H,1-2,6-8H2. The van der Waals surface area contributed by atoms with E-state index < -0.39 is 4.92 Å². The molecule has 2 atom stereocenters. The zero-order chi connectivity index (χ0) is 15.0. The number of benzene rings is 1. The van der Waals surface area contributed by atoms with Gasteiger partial charge in [-0.25, -0.2) is 0 Å². The summed E-state index contributed by atoms with van der Waals surface area (Å²) in [6.45, 7) is 3.45. The number of piperidine rings is 1. The van der Waals surface area contributed by atoms with Crippen LogP contribution in [-0.4, -0.2) is 41.9 Å². The van der Waals surface area contributed by atoms with E-state index in [0.29, 0.717) is 21.9 Å². The molecule has 2 aliphatic rings. The van der Waals surface area contributed by atoms with E-state index in [1.165, 1.54) is 12.1 Å². The minimum Gasteiger partial charge on any atom is -0.338 e. The second-order valence-electron chi connectivity index (χ2n) is 5.67. The van der Waals surface area contributed by atoms with Gasteiger partial charge in [0.25, 0.3) is 11.6 Å². The molecule has 0 aliphatic carbocycles. The first-order valence-corrected chi connectivity index (χ1v) is 7.79. The Bertz CT molecular complexity index is 593. The second kappa shape index (κ2) is 5.73. The Morgan fingerprint density at radius 3 is 2.86 bits per heavy atom. The monoisotopic (exact) mass is 353 g/mol. The van der Waals surface area contributed by atoms with E-state index in [0.717, 1.165) is 32.6 Å². The zero-order valence-corrected chi connectivity index (χ0v) is 13.0. The number of nitrogens with one attached hydrogen (secondary N) is 1. The van der Waals surface area contributed by atoms with Crippen molar-refractivity contribution in [2.75, 3.05) is 26.2 Å². The number of fused-ring (bicyclic) bond motifs is 1. The van der Waals surface area contributed by atoms with Crippen LogP contribution in [0, 0.1) is 22.0 Å². The Labute approximate surface area is 130 Å². The summed E-state index contributed by atoms with van der Waals surface area (Å²) in [6, 6.07) is 4.41. The van der Waals surface area contributed by atoms with Crippen LogP contribution in [0.5, 0.6) is 0 Å². The molecule has 21 heavy (non-hydrogen) atoms. The summed E-state index contributed by atoms with van der Waals surface area (Å²) in [5.74, 6) is 1.04. The van der Waals surface area contributed by atoms with Crippen LogP contribution in [0.25, 0.3) is 0 Å². The molecule has 0 aromatic heterocycles. The molecule has 0 saturated carbocycles. The van der Waals surface area contributed by atoms with Crippen LogP contribution < -0.4 is 5.32 Å². The molecule has 3 rings (SSSR count). The minimum atomic E-state index is -0.478. The van der Waals surface area contributed by atoms with Gasteiger partial charge in [-0.05, 0) is 37.4 Å². The van der Waals surface area contributed by atoms with Crippen LogP contribution in [0.15, 0.2) is 22.7 Å². The molecular weight excluding hydrogens is 338 g/mol. The zero-order valence-electron chi connectivity index (χ0n) is 11.4. The molecule has 0 bridgehead atoms. The van der Waals surface area contributed by atoms with Gasteiger partial charge in [-0.3, -0.25) is 14.9 Å². The third kappa shape index (κ3) is 2.94.